The number of hydrogen-bond acceptors (Lipinski definition) is 3. The lowest BCUT2D eigenvalue weighted by Gasteiger charge is -2.01. The highest BCUT2D eigenvalue weighted by atomic mass is 79.9. The number of methoxy groups -OCH3 is 1. The molecule has 2 aromatic rings. The van der Waals surface area contributed by atoms with Gasteiger partial charge in [-0.1, -0.05) is 34.1 Å². The number of ether oxygens (including phenoxy) is 1. The molecule has 0 atom stereocenters. The molecule has 0 aliphatic rings. The second-order valence-corrected chi connectivity index (χ2v) is 5.05. The Kier molecular flexibility index (Phi) is 4.58. The van der Waals surface area contributed by atoms with Gasteiger partial charge in [0, 0.05) is 4.47 Å². The molecule has 1 N–H and O–H groups in total. The summed E-state index contributed by atoms with van der Waals surface area (Å²) in [4.78, 5) is 12.0. The molecule has 0 heterocycles. The minimum absolute atomic E-state index is 0.0300. The number of aromatic hydroxyl groups is 1. The van der Waals surface area contributed by atoms with Gasteiger partial charge < -0.3 is 9.84 Å². The zero-order valence-electron chi connectivity index (χ0n) is 10.8. The molecule has 0 aromatic heterocycles. The third-order valence-electron chi connectivity index (χ3n) is 2.77. The fraction of sp³-hybridized carbons (Fsp3) is 0.0625. The molecule has 20 heavy (non-hydrogen) atoms. The first kappa shape index (κ1) is 14.3. The van der Waals surface area contributed by atoms with Crippen molar-refractivity contribution in [3.63, 3.8) is 0 Å². The summed E-state index contributed by atoms with van der Waals surface area (Å²) in [5.74, 6) is 0.482. The van der Waals surface area contributed by atoms with Gasteiger partial charge in [0.2, 0.25) is 0 Å². The summed E-state index contributed by atoms with van der Waals surface area (Å²) in [6.45, 7) is 0. The molecule has 0 bridgehead atoms. The highest BCUT2D eigenvalue weighted by Crippen LogP contribution is 2.23. The average Bonchev–Trinajstić information content (AvgIpc) is 2.47. The summed E-state index contributed by atoms with van der Waals surface area (Å²) in [7, 11) is 1.60. The van der Waals surface area contributed by atoms with E-state index in [1.165, 1.54) is 12.1 Å². The van der Waals surface area contributed by atoms with Crippen molar-refractivity contribution in [1.29, 1.82) is 0 Å². The van der Waals surface area contributed by atoms with Crippen LogP contribution in [0.4, 0.5) is 0 Å². The van der Waals surface area contributed by atoms with Gasteiger partial charge >= 0.3 is 0 Å². The van der Waals surface area contributed by atoms with Gasteiger partial charge in [0.15, 0.2) is 5.78 Å². The van der Waals surface area contributed by atoms with Crippen LogP contribution in [0.1, 0.15) is 15.9 Å². The van der Waals surface area contributed by atoms with Crippen LogP contribution in [0.5, 0.6) is 11.5 Å². The van der Waals surface area contributed by atoms with E-state index in [-0.39, 0.29) is 17.1 Å². The number of phenolic OH excluding ortho intramolecular Hbond substituents is 1. The van der Waals surface area contributed by atoms with E-state index in [1.54, 1.807) is 25.3 Å². The second-order valence-electron chi connectivity index (χ2n) is 4.13. The standard InChI is InChI=1S/C16H13BrO3/c1-20-13-6-2-11(3-7-13)4-8-15(18)14-10-12(17)5-9-16(14)19/h2-10,19H,1H3. The Labute approximate surface area is 125 Å². The third kappa shape index (κ3) is 3.48. The van der Waals surface area contributed by atoms with Crippen LogP contribution >= 0.6 is 15.9 Å². The van der Waals surface area contributed by atoms with Gasteiger partial charge in [-0.2, -0.15) is 0 Å². The Bertz CT molecular complexity index is 645. The van der Waals surface area contributed by atoms with Crippen molar-refractivity contribution < 1.29 is 14.6 Å². The van der Waals surface area contributed by atoms with E-state index in [0.717, 1.165) is 15.8 Å². The van der Waals surface area contributed by atoms with Crippen LogP contribution < -0.4 is 4.74 Å². The van der Waals surface area contributed by atoms with E-state index in [0.29, 0.717) is 0 Å². The first-order valence-electron chi connectivity index (χ1n) is 5.95. The maximum absolute atomic E-state index is 12.0. The number of allylic oxidation sites excluding steroid dienone is 1. The van der Waals surface area contributed by atoms with Crippen LogP contribution in [-0.4, -0.2) is 18.0 Å². The molecule has 0 saturated carbocycles. The lowest BCUT2D eigenvalue weighted by atomic mass is 10.1. The molecular weight excluding hydrogens is 320 g/mol. The Morgan fingerprint density at radius 1 is 1.20 bits per heavy atom. The Morgan fingerprint density at radius 3 is 2.55 bits per heavy atom. The topological polar surface area (TPSA) is 46.5 Å². The van der Waals surface area contributed by atoms with Crippen LogP contribution in [0.15, 0.2) is 53.0 Å². The molecule has 2 rings (SSSR count). The minimum atomic E-state index is -0.250. The number of rotatable bonds is 4. The molecule has 0 spiro atoms. The van der Waals surface area contributed by atoms with E-state index in [9.17, 15) is 9.90 Å². The van der Waals surface area contributed by atoms with Crippen molar-refractivity contribution in [2.45, 2.75) is 0 Å². The normalized spacial score (nSPS) is 10.7. The molecule has 2 aromatic carbocycles. The maximum Gasteiger partial charge on any atom is 0.189 e. The Balaban J connectivity index is 2.17. The number of hydrogen-bond donors (Lipinski definition) is 1. The van der Waals surface area contributed by atoms with Crippen molar-refractivity contribution in [2.75, 3.05) is 7.11 Å². The van der Waals surface area contributed by atoms with E-state index < -0.39 is 0 Å². The monoisotopic (exact) mass is 332 g/mol. The van der Waals surface area contributed by atoms with Gasteiger partial charge in [-0.05, 0) is 42.0 Å². The average molecular weight is 333 g/mol. The SMILES string of the molecule is COc1ccc(C=CC(=O)c2cc(Br)ccc2O)cc1. The molecule has 0 fully saturated rings. The third-order valence-corrected chi connectivity index (χ3v) is 3.26. The first-order chi connectivity index (χ1) is 9.60. The molecule has 0 aliphatic carbocycles. The van der Waals surface area contributed by atoms with Crippen molar-refractivity contribution in [2.24, 2.45) is 0 Å². The quantitative estimate of drug-likeness (QED) is 0.678. The number of ketones is 1. The first-order valence-corrected chi connectivity index (χ1v) is 6.74. The lowest BCUT2D eigenvalue weighted by Crippen LogP contribution is -1.94. The minimum Gasteiger partial charge on any atom is -0.507 e. The van der Waals surface area contributed by atoms with E-state index in [2.05, 4.69) is 15.9 Å². The van der Waals surface area contributed by atoms with Crippen molar-refractivity contribution in [1.82, 2.24) is 0 Å². The summed E-state index contributed by atoms with van der Waals surface area (Å²) in [6.07, 6.45) is 3.13. The van der Waals surface area contributed by atoms with Crippen molar-refractivity contribution >= 4 is 27.8 Å². The van der Waals surface area contributed by atoms with Crippen LogP contribution in [0, 0.1) is 0 Å². The fourth-order valence-corrected chi connectivity index (χ4v) is 2.04. The van der Waals surface area contributed by atoms with Crippen LogP contribution in [0.3, 0.4) is 0 Å². The van der Waals surface area contributed by atoms with Gasteiger partial charge in [0.25, 0.3) is 0 Å². The lowest BCUT2D eigenvalue weighted by molar-refractivity contribution is 0.104. The van der Waals surface area contributed by atoms with E-state index in [1.807, 2.05) is 24.3 Å². The summed E-state index contributed by atoms with van der Waals surface area (Å²) in [5.41, 5.74) is 1.15. The Morgan fingerprint density at radius 2 is 1.90 bits per heavy atom. The molecule has 0 unspecified atom stereocenters. The number of carbonyl (C=O) groups is 1. The van der Waals surface area contributed by atoms with Gasteiger partial charge in [0.1, 0.15) is 11.5 Å². The number of benzene rings is 2. The number of phenols is 1. The molecule has 102 valence electrons. The number of halogens is 1. The van der Waals surface area contributed by atoms with E-state index >= 15 is 0 Å². The Hall–Kier alpha value is -2.07. The highest BCUT2D eigenvalue weighted by molar-refractivity contribution is 9.10. The maximum atomic E-state index is 12.0. The molecule has 0 radical (unpaired) electrons. The molecule has 4 heteroatoms. The van der Waals surface area contributed by atoms with Gasteiger partial charge in [0.05, 0.1) is 12.7 Å². The van der Waals surface area contributed by atoms with E-state index in [4.69, 9.17) is 4.74 Å². The smallest absolute Gasteiger partial charge is 0.189 e. The summed E-state index contributed by atoms with van der Waals surface area (Å²) in [6, 6.07) is 12.1. The largest absolute Gasteiger partial charge is 0.507 e. The summed E-state index contributed by atoms with van der Waals surface area (Å²) in [5, 5.41) is 9.68. The molecule has 3 nitrogen and oxygen atoms in total. The predicted molar refractivity (Wildman–Crippen MR) is 82.2 cm³/mol. The van der Waals surface area contributed by atoms with Crippen LogP contribution in [0.25, 0.3) is 6.08 Å². The van der Waals surface area contributed by atoms with Crippen molar-refractivity contribution in [3.8, 4) is 11.5 Å². The fourth-order valence-electron chi connectivity index (χ4n) is 1.68. The van der Waals surface area contributed by atoms with Gasteiger partial charge in [-0.15, -0.1) is 0 Å². The van der Waals surface area contributed by atoms with Gasteiger partial charge in [-0.3, -0.25) is 4.79 Å². The zero-order valence-corrected chi connectivity index (χ0v) is 12.4. The highest BCUT2D eigenvalue weighted by Gasteiger charge is 2.08. The summed E-state index contributed by atoms with van der Waals surface area (Å²) < 4.78 is 5.81. The molecule has 0 aliphatic heterocycles. The number of carbonyl (C=O) groups excluding carboxylic acids is 1. The molecular formula is C16H13BrO3. The molecule has 0 saturated heterocycles. The second kappa shape index (κ2) is 6.39. The van der Waals surface area contributed by atoms with Crippen LogP contribution in [-0.2, 0) is 0 Å². The zero-order chi connectivity index (χ0) is 14.5. The van der Waals surface area contributed by atoms with Gasteiger partial charge in [-0.25, -0.2) is 0 Å². The molecule has 0 amide bonds. The summed E-state index contributed by atoms with van der Waals surface area (Å²) >= 11 is 3.28. The van der Waals surface area contributed by atoms with Crippen molar-refractivity contribution in [3.05, 3.63) is 64.1 Å². The van der Waals surface area contributed by atoms with Crippen LogP contribution in [0.2, 0.25) is 0 Å². The predicted octanol–water partition coefficient (Wildman–Crippen LogP) is 4.06.